The molecule has 0 radical (unpaired) electrons. The summed E-state index contributed by atoms with van der Waals surface area (Å²) in [7, 11) is 0. The number of para-hydroxylation sites is 1. The maximum atomic E-state index is 14.1. The zero-order valence-corrected chi connectivity index (χ0v) is 18.3. The van der Waals surface area contributed by atoms with Crippen LogP contribution in [-0.2, 0) is 10.5 Å². The van der Waals surface area contributed by atoms with Crippen molar-refractivity contribution in [3.8, 4) is 17.1 Å². The lowest BCUT2D eigenvalue weighted by Crippen LogP contribution is -2.47. The fraction of sp³-hybridized carbons (Fsp3) is 0.304. The van der Waals surface area contributed by atoms with Gasteiger partial charge in [-0.15, -0.1) is 10.2 Å². The van der Waals surface area contributed by atoms with Crippen LogP contribution in [0.1, 0.15) is 38.2 Å². The molecule has 0 bridgehead atoms. The molecule has 164 valence electrons. The summed E-state index contributed by atoms with van der Waals surface area (Å²) in [6.45, 7) is 2.18. The van der Waals surface area contributed by atoms with E-state index >= 15 is 0 Å². The first-order valence-electron chi connectivity index (χ1n) is 10.7. The summed E-state index contributed by atoms with van der Waals surface area (Å²) in [5.41, 5.74) is 0.927. The van der Waals surface area contributed by atoms with E-state index in [1.807, 2.05) is 24.3 Å². The molecule has 1 spiro atoms. The van der Waals surface area contributed by atoms with Crippen molar-refractivity contribution < 1.29 is 13.9 Å². The lowest BCUT2D eigenvalue weighted by molar-refractivity contribution is -0.128. The highest BCUT2D eigenvalue weighted by Gasteiger charge is 2.52. The molecule has 1 aromatic heterocycles. The summed E-state index contributed by atoms with van der Waals surface area (Å²) >= 11 is 1.51. The number of nitrogens with one attached hydrogen (secondary N) is 2. The molecule has 0 fully saturated rings. The largest absolute Gasteiger partial charge is 0.435 e. The van der Waals surface area contributed by atoms with E-state index in [1.54, 1.807) is 0 Å². The Bertz CT molecular complexity index is 1190. The van der Waals surface area contributed by atoms with Crippen LogP contribution in [0.15, 0.2) is 47.6 Å². The smallest absolute Gasteiger partial charge is 0.295 e. The molecule has 5 rings (SSSR count). The van der Waals surface area contributed by atoms with Crippen LogP contribution in [0, 0.1) is 5.82 Å². The molecular weight excluding hydrogens is 429 g/mol. The van der Waals surface area contributed by atoms with Crippen LogP contribution in [0.2, 0.25) is 0 Å². The van der Waals surface area contributed by atoms with Gasteiger partial charge in [-0.2, -0.15) is 4.98 Å². The molecular formula is C23H22FN5O2S. The number of hydrogen-bond donors (Lipinski definition) is 2. The summed E-state index contributed by atoms with van der Waals surface area (Å²) in [4.78, 5) is 17.8. The van der Waals surface area contributed by atoms with Crippen LogP contribution >= 0.6 is 11.8 Å². The maximum absolute atomic E-state index is 14.1. The Morgan fingerprint density at radius 2 is 1.97 bits per heavy atom. The van der Waals surface area contributed by atoms with Gasteiger partial charge >= 0.3 is 0 Å². The van der Waals surface area contributed by atoms with Crippen LogP contribution in [0.25, 0.3) is 11.3 Å². The zero-order valence-electron chi connectivity index (χ0n) is 17.5. The molecule has 2 aliphatic rings. The number of thioether (sulfide) groups is 1. The Labute approximate surface area is 189 Å². The first-order valence-corrected chi connectivity index (χ1v) is 11.6. The highest BCUT2D eigenvalue weighted by Crippen LogP contribution is 2.46. The number of benzene rings is 2. The topological polar surface area (TPSA) is 89.0 Å². The van der Waals surface area contributed by atoms with Gasteiger partial charge in [-0.1, -0.05) is 56.1 Å². The molecule has 0 saturated heterocycles. The van der Waals surface area contributed by atoms with Crippen molar-refractivity contribution in [2.45, 2.75) is 43.5 Å². The zero-order chi connectivity index (χ0) is 22.1. The van der Waals surface area contributed by atoms with Crippen molar-refractivity contribution in [3.63, 3.8) is 0 Å². The maximum Gasteiger partial charge on any atom is 0.295 e. The van der Waals surface area contributed by atoms with E-state index in [0.29, 0.717) is 33.4 Å². The van der Waals surface area contributed by atoms with E-state index in [4.69, 9.17) is 4.74 Å². The first kappa shape index (κ1) is 20.7. The number of ether oxygens (including phenoxy) is 1. The number of halogens is 1. The molecule has 0 aliphatic carbocycles. The number of amides is 1. The molecule has 2 aliphatic heterocycles. The number of fused-ring (bicyclic) bond motifs is 5. The molecule has 0 unspecified atom stereocenters. The van der Waals surface area contributed by atoms with E-state index in [1.165, 1.54) is 42.8 Å². The SMILES string of the molecule is CCCCCCSc1nnc2c(n1)O[C@]1(Nc3ccccc3-2)C(=O)Nc2ccc(F)cc21. The molecule has 2 aromatic carbocycles. The summed E-state index contributed by atoms with van der Waals surface area (Å²) < 4.78 is 20.4. The third-order valence-corrected chi connectivity index (χ3v) is 6.46. The van der Waals surface area contributed by atoms with Crippen LogP contribution in [0.3, 0.4) is 0 Å². The van der Waals surface area contributed by atoms with Gasteiger partial charge in [0.05, 0.1) is 11.3 Å². The van der Waals surface area contributed by atoms with E-state index < -0.39 is 17.4 Å². The Hall–Kier alpha value is -3.20. The quantitative estimate of drug-likeness (QED) is 0.404. The summed E-state index contributed by atoms with van der Waals surface area (Å²) in [5, 5.41) is 15.1. The van der Waals surface area contributed by atoms with Crippen molar-refractivity contribution in [3.05, 3.63) is 53.8 Å². The normalized spacial score (nSPS) is 18.1. The third kappa shape index (κ3) is 3.56. The van der Waals surface area contributed by atoms with Crippen LogP contribution in [0.4, 0.5) is 15.8 Å². The molecule has 2 N–H and O–H groups in total. The second-order valence-corrected chi connectivity index (χ2v) is 8.82. The van der Waals surface area contributed by atoms with Gasteiger partial charge in [0, 0.05) is 17.0 Å². The summed E-state index contributed by atoms with van der Waals surface area (Å²) in [6, 6.07) is 11.5. The molecule has 0 saturated carbocycles. The number of carbonyl (C=O) groups excluding carboxylic acids is 1. The Balaban J connectivity index is 1.57. The van der Waals surface area contributed by atoms with E-state index in [0.717, 1.165) is 18.6 Å². The van der Waals surface area contributed by atoms with Crippen molar-refractivity contribution in [2.24, 2.45) is 0 Å². The number of anilines is 2. The average molecular weight is 452 g/mol. The molecule has 32 heavy (non-hydrogen) atoms. The van der Waals surface area contributed by atoms with Crippen molar-refractivity contribution in [2.75, 3.05) is 16.4 Å². The van der Waals surface area contributed by atoms with Gasteiger partial charge < -0.3 is 15.4 Å². The number of rotatable bonds is 6. The standard InChI is InChI=1S/C23H22FN5O2S/c1-2-3-4-7-12-32-22-26-20-19(28-29-22)15-8-5-6-9-17(15)27-23(31-20)16-13-14(24)10-11-18(16)25-21(23)30/h5-6,8-11,13,27H,2-4,7,12H2,1H3,(H,25,30)/t23-/m0/s1. The van der Waals surface area contributed by atoms with Gasteiger partial charge in [0.2, 0.25) is 11.0 Å². The van der Waals surface area contributed by atoms with Gasteiger partial charge in [0.15, 0.2) is 5.69 Å². The number of hydrogen-bond acceptors (Lipinski definition) is 7. The van der Waals surface area contributed by atoms with Gasteiger partial charge in [0.25, 0.3) is 11.6 Å². The second-order valence-electron chi connectivity index (χ2n) is 7.76. The minimum absolute atomic E-state index is 0.181. The van der Waals surface area contributed by atoms with Crippen LogP contribution < -0.4 is 15.4 Å². The first-order chi connectivity index (χ1) is 15.6. The average Bonchev–Trinajstić information content (AvgIpc) is 2.96. The molecule has 9 heteroatoms. The minimum atomic E-state index is -1.67. The molecule has 3 aromatic rings. The molecule has 3 heterocycles. The van der Waals surface area contributed by atoms with Crippen molar-refractivity contribution in [1.29, 1.82) is 0 Å². The molecule has 1 atom stereocenters. The summed E-state index contributed by atoms with van der Waals surface area (Å²) in [5.74, 6) is 0.135. The van der Waals surface area contributed by atoms with Crippen LogP contribution in [-0.4, -0.2) is 26.8 Å². The molecule has 1 amide bonds. The number of unbranched alkanes of at least 4 members (excludes halogenated alkanes) is 3. The van der Waals surface area contributed by atoms with E-state index in [2.05, 4.69) is 32.7 Å². The Morgan fingerprint density at radius 1 is 1.09 bits per heavy atom. The monoisotopic (exact) mass is 451 g/mol. The van der Waals surface area contributed by atoms with Gasteiger partial charge in [-0.05, 0) is 30.7 Å². The molecule has 7 nitrogen and oxygen atoms in total. The third-order valence-electron chi connectivity index (χ3n) is 5.54. The number of carbonyl (C=O) groups is 1. The van der Waals surface area contributed by atoms with Crippen molar-refractivity contribution in [1.82, 2.24) is 15.2 Å². The van der Waals surface area contributed by atoms with Crippen molar-refractivity contribution >= 4 is 29.0 Å². The lowest BCUT2D eigenvalue weighted by Gasteiger charge is -2.28. The lowest BCUT2D eigenvalue weighted by atomic mass is 10.0. The Morgan fingerprint density at radius 3 is 2.84 bits per heavy atom. The van der Waals surface area contributed by atoms with E-state index in [-0.39, 0.29) is 5.88 Å². The fourth-order valence-electron chi connectivity index (χ4n) is 3.93. The highest BCUT2D eigenvalue weighted by molar-refractivity contribution is 7.99. The predicted octanol–water partition coefficient (Wildman–Crippen LogP) is 4.96. The number of aromatic nitrogens is 3. The minimum Gasteiger partial charge on any atom is -0.435 e. The van der Waals surface area contributed by atoms with Crippen LogP contribution in [0.5, 0.6) is 5.88 Å². The fourth-order valence-corrected chi connectivity index (χ4v) is 4.70. The second kappa shape index (κ2) is 8.38. The van der Waals surface area contributed by atoms with E-state index in [9.17, 15) is 9.18 Å². The predicted molar refractivity (Wildman–Crippen MR) is 121 cm³/mol. The van der Waals surface area contributed by atoms with Gasteiger partial charge in [-0.3, -0.25) is 4.79 Å². The Kier molecular flexibility index (Phi) is 5.42. The summed E-state index contributed by atoms with van der Waals surface area (Å²) in [6.07, 6.45) is 4.58. The van der Waals surface area contributed by atoms with Gasteiger partial charge in [0.1, 0.15) is 5.82 Å². The highest BCUT2D eigenvalue weighted by atomic mass is 32.2. The number of nitrogens with zero attached hydrogens (tertiary/aromatic N) is 3. The van der Waals surface area contributed by atoms with Gasteiger partial charge in [-0.25, -0.2) is 4.39 Å².